The fourth-order valence-corrected chi connectivity index (χ4v) is 3.18. The number of carbonyl (C=O) groups is 1. The molecule has 0 aliphatic rings. The lowest BCUT2D eigenvalue weighted by molar-refractivity contribution is 0.0776. The second-order valence-electron chi connectivity index (χ2n) is 7.89. The molecule has 0 spiro atoms. The molecular formula is C23H29ClF3N5O2. The topological polar surface area (TPSA) is 115 Å². The molecule has 0 saturated heterocycles. The van der Waals surface area contributed by atoms with Gasteiger partial charge in [-0.2, -0.15) is 4.99 Å². The van der Waals surface area contributed by atoms with Crippen molar-refractivity contribution in [1.29, 1.82) is 0 Å². The van der Waals surface area contributed by atoms with Crippen molar-refractivity contribution >= 4 is 23.5 Å². The third-order valence-corrected chi connectivity index (χ3v) is 4.81. The van der Waals surface area contributed by atoms with E-state index in [1.54, 1.807) is 0 Å². The van der Waals surface area contributed by atoms with Gasteiger partial charge in [-0.25, -0.2) is 13.2 Å². The largest absolute Gasteiger partial charge is 0.379 e. The van der Waals surface area contributed by atoms with Crippen LogP contribution in [0.1, 0.15) is 48.7 Å². The van der Waals surface area contributed by atoms with Gasteiger partial charge in [-0.15, -0.1) is 0 Å². The second kappa shape index (κ2) is 13.3. The first-order chi connectivity index (χ1) is 16.0. The van der Waals surface area contributed by atoms with E-state index in [2.05, 4.69) is 15.6 Å². The normalized spacial score (nSPS) is 13.6. The van der Waals surface area contributed by atoms with E-state index in [1.165, 1.54) is 12.1 Å². The highest BCUT2D eigenvalue weighted by atomic mass is 35.5. The average molecular weight is 500 g/mol. The Bertz CT molecular complexity index is 986. The maximum atomic E-state index is 13.6. The van der Waals surface area contributed by atoms with Crippen LogP contribution in [0.5, 0.6) is 0 Å². The zero-order chi connectivity index (χ0) is 25.3. The molecule has 0 aliphatic heterocycles. The molecule has 0 heterocycles. The number of carbonyl (C=O) groups excluding carboxylic acids is 1. The highest BCUT2D eigenvalue weighted by Crippen LogP contribution is 2.21. The van der Waals surface area contributed by atoms with Crippen molar-refractivity contribution in [2.24, 2.45) is 16.5 Å². The van der Waals surface area contributed by atoms with Gasteiger partial charge in [-0.05, 0) is 68.7 Å². The number of rotatable bonds is 10. The van der Waals surface area contributed by atoms with E-state index in [0.717, 1.165) is 24.3 Å². The van der Waals surface area contributed by atoms with Crippen molar-refractivity contribution in [2.45, 2.75) is 45.0 Å². The molecule has 2 unspecified atom stereocenters. The maximum absolute atomic E-state index is 13.6. The summed E-state index contributed by atoms with van der Waals surface area (Å²) in [5.41, 5.74) is 12.6. The first kappa shape index (κ1) is 27.6. The van der Waals surface area contributed by atoms with Gasteiger partial charge in [-0.1, -0.05) is 11.6 Å². The number of nitrogens with one attached hydrogen (secondary N) is 2. The molecule has 7 nitrogen and oxygen atoms in total. The number of aliphatic imine (C=N–C) groups is 1. The summed E-state index contributed by atoms with van der Waals surface area (Å²) in [4.78, 5) is 16.4. The Morgan fingerprint density at radius 1 is 1.12 bits per heavy atom. The summed E-state index contributed by atoms with van der Waals surface area (Å²) in [5.74, 6) is -3.54. The summed E-state index contributed by atoms with van der Waals surface area (Å²) in [7, 11) is 0. The predicted molar refractivity (Wildman–Crippen MR) is 126 cm³/mol. The summed E-state index contributed by atoms with van der Waals surface area (Å²) in [6, 6.07) is 6.04. The van der Waals surface area contributed by atoms with Crippen LogP contribution in [0.4, 0.5) is 13.2 Å². The number of guanidine groups is 1. The summed E-state index contributed by atoms with van der Waals surface area (Å²) < 4.78 is 45.8. The van der Waals surface area contributed by atoms with Crippen molar-refractivity contribution in [2.75, 3.05) is 13.2 Å². The Labute approximate surface area is 201 Å². The molecule has 1 amide bonds. The number of halogens is 4. The van der Waals surface area contributed by atoms with Crippen LogP contribution in [-0.4, -0.2) is 37.3 Å². The van der Waals surface area contributed by atoms with E-state index in [9.17, 15) is 18.0 Å². The first-order valence-corrected chi connectivity index (χ1v) is 11.1. The molecule has 2 aromatic rings. The number of nitrogens with zero attached hydrogens (tertiary/aromatic N) is 1. The van der Waals surface area contributed by atoms with Gasteiger partial charge in [0.25, 0.3) is 5.91 Å². The summed E-state index contributed by atoms with van der Waals surface area (Å²) in [6.45, 7) is 4.70. The molecule has 34 heavy (non-hydrogen) atoms. The number of hydrogen-bond acceptors (Lipinski definition) is 4. The fourth-order valence-electron chi connectivity index (χ4n) is 2.95. The van der Waals surface area contributed by atoms with E-state index >= 15 is 0 Å². The molecule has 2 atom stereocenters. The smallest absolute Gasteiger partial charge is 0.280 e. The Morgan fingerprint density at radius 2 is 1.85 bits per heavy atom. The lowest BCUT2D eigenvalue weighted by Crippen LogP contribution is -2.49. The zero-order valence-electron chi connectivity index (χ0n) is 19.0. The van der Waals surface area contributed by atoms with Crippen LogP contribution >= 0.6 is 11.6 Å². The maximum Gasteiger partial charge on any atom is 0.280 e. The van der Waals surface area contributed by atoms with Crippen LogP contribution in [-0.2, 0) is 4.74 Å². The minimum atomic E-state index is -1.16. The minimum Gasteiger partial charge on any atom is -0.379 e. The SMILES string of the molecule is CC(C)OCCCN/C(=N/C(=O)c1ccc(F)c(F)c1)NC(N)CC(N)c1cc(F)cc(Cl)c1. The molecule has 186 valence electrons. The van der Waals surface area contributed by atoms with Gasteiger partial charge >= 0.3 is 0 Å². The molecule has 2 aromatic carbocycles. The standard InChI is InChI=1S/C23H29ClF3N5O2/c1-13(2)34-7-3-6-30-23(32-22(33)14-4-5-18(26)19(27)10-14)31-21(29)12-20(28)15-8-16(24)11-17(25)9-15/h4-5,8-11,13,20-21H,3,6-7,12,28-29H2,1-2H3,(H2,30,31,32,33). The summed E-state index contributed by atoms with van der Waals surface area (Å²) in [5, 5.41) is 6.01. The van der Waals surface area contributed by atoms with Crippen LogP contribution < -0.4 is 22.1 Å². The molecular weight excluding hydrogens is 471 g/mol. The zero-order valence-corrected chi connectivity index (χ0v) is 19.7. The number of amides is 1. The van der Waals surface area contributed by atoms with Crippen molar-refractivity contribution in [3.63, 3.8) is 0 Å². The lowest BCUT2D eigenvalue weighted by atomic mass is 10.0. The second-order valence-corrected chi connectivity index (χ2v) is 8.33. The van der Waals surface area contributed by atoms with E-state index in [0.29, 0.717) is 25.1 Å². The molecule has 0 bridgehead atoms. The highest BCUT2D eigenvalue weighted by molar-refractivity contribution is 6.30. The van der Waals surface area contributed by atoms with Crippen LogP contribution in [0.2, 0.25) is 5.02 Å². The first-order valence-electron chi connectivity index (χ1n) is 10.7. The number of benzene rings is 2. The van der Waals surface area contributed by atoms with Crippen molar-refractivity contribution < 1.29 is 22.7 Å². The van der Waals surface area contributed by atoms with E-state index in [4.69, 9.17) is 27.8 Å². The molecule has 0 fully saturated rings. The third-order valence-electron chi connectivity index (χ3n) is 4.59. The summed E-state index contributed by atoms with van der Waals surface area (Å²) in [6.07, 6.45) is 0.0471. The highest BCUT2D eigenvalue weighted by Gasteiger charge is 2.16. The van der Waals surface area contributed by atoms with Crippen LogP contribution in [0.3, 0.4) is 0 Å². The van der Waals surface area contributed by atoms with Gasteiger partial charge in [0, 0.05) is 29.8 Å². The monoisotopic (exact) mass is 499 g/mol. The van der Waals surface area contributed by atoms with E-state index < -0.39 is 35.6 Å². The Morgan fingerprint density at radius 3 is 2.50 bits per heavy atom. The van der Waals surface area contributed by atoms with Gasteiger partial charge in [0.15, 0.2) is 11.6 Å². The van der Waals surface area contributed by atoms with Crippen molar-refractivity contribution in [3.8, 4) is 0 Å². The minimum absolute atomic E-state index is 0.0243. The predicted octanol–water partition coefficient (Wildman–Crippen LogP) is 3.62. The van der Waals surface area contributed by atoms with Crippen LogP contribution in [0, 0.1) is 17.5 Å². The molecule has 6 N–H and O–H groups in total. The fraction of sp³-hybridized carbons (Fsp3) is 0.391. The number of nitrogens with two attached hydrogens (primary N) is 2. The van der Waals surface area contributed by atoms with Crippen LogP contribution in [0.25, 0.3) is 0 Å². The molecule has 0 radical (unpaired) electrons. The molecule has 0 aliphatic carbocycles. The quantitative estimate of drug-likeness (QED) is 0.172. The molecule has 2 rings (SSSR count). The molecule has 11 heteroatoms. The van der Waals surface area contributed by atoms with Crippen molar-refractivity contribution in [1.82, 2.24) is 10.6 Å². The van der Waals surface area contributed by atoms with Crippen molar-refractivity contribution in [3.05, 3.63) is 70.0 Å². The third kappa shape index (κ3) is 9.30. The average Bonchev–Trinajstić information content (AvgIpc) is 2.74. The van der Waals surface area contributed by atoms with Gasteiger partial charge in [0.2, 0.25) is 5.96 Å². The molecule has 0 aromatic heterocycles. The van der Waals surface area contributed by atoms with Gasteiger partial charge in [-0.3, -0.25) is 4.79 Å². The van der Waals surface area contributed by atoms with Gasteiger partial charge < -0.3 is 26.8 Å². The number of hydrogen-bond donors (Lipinski definition) is 4. The van der Waals surface area contributed by atoms with Gasteiger partial charge in [0.1, 0.15) is 5.82 Å². The summed E-state index contributed by atoms with van der Waals surface area (Å²) >= 11 is 5.88. The Hall–Kier alpha value is -2.66. The van der Waals surface area contributed by atoms with Crippen LogP contribution in [0.15, 0.2) is 41.4 Å². The van der Waals surface area contributed by atoms with Gasteiger partial charge in [0.05, 0.1) is 12.3 Å². The Balaban J connectivity index is 2.09. The number of ether oxygens (including phenoxy) is 1. The molecule has 0 saturated carbocycles. The van der Waals surface area contributed by atoms with E-state index in [-0.39, 0.29) is 29.1 Å². The van der Waals surface area contributed by atoms with E-state index in [1.807, 2.05) is 13.8 Å². The lowest BCUT2D eigenvalue weighted by Gasteiger charge is -2.21. The Kier molecular flexibility index (Phi) is 10.8.